The molecule has 0 bridgehead atoms. The van der Waals surface area contributed by atoms with Crippen molar-refractivity contribution in [3.05, 3.63) is 29.3 Å². The highest BCUT2D eigenvalue weighted by atomic mass is 16.3. The number of amidine groups is 1. The third-order valence-electron chi connectivity index (χ3n) is 3.98. The molecule has 0 atom stereocenters. The molecule has 104 valence electrons. The second-order valence-corrected chi connectivity index (χ2v) is 5.67. The molecule has 1 fully saturated rings. The third kappa shape index (κ3) is 2.89. The zero-order valence-corrected chi connectivity index (χ0v) is 11.7. The van der Waals surface area contributed by atoms with Crippen molar-refractivity contribution in [2.45, 2.75) is 38.2 Å². The molecule has 4 N–H and O–H groups in total. The highest BCUT2D eigenvalue weighted by Crippen LogP contribution is 2.32. The maximum atomic E-state index is 10.5. The minimum absolute atomic E-state index is 0.0731. The van der Waals surface area contributed by atoms with Gasteiger partial charge in [0.2, 0.25) is 0 Å². The average Bonchev–Trinajstić information content (AvgIpc) is 2.74. The first-order valence-electron chi connectivity index (χ1n) is 6.80. The van der Waals surface area contributed by atoms with E-state index < -0.39 is 5.60 Å². The molecule has 0 amide bonds. The van der Waals surface area contributed by atoms with Gasteiger partial charge in [0.25, 0.3) is 0 Å². The Morgan fingerprint density at radius 3 is 2.63 bits per heavy atom. The Morgan fingerprint density at radius 1 is 1.42 bits per heavy atom. The van der Waals surface area contributed by atoms with Crippen molar-refractivity contribution in [3.63, 3.8) is 0 Å². The minimum Gasteiger partial charge on any atom is -0.388 e. The Balaban J connectivity index is 2.28. The van der Waals surface area contributed by atoms with Gasteiger partial charge in [-0.15, -0.1) is 0 Å². The summed E-state index contributed by atoms with van der Waals surface area (Å²) in [5, 5.41) is 18.2. The summed E-state index contributed by atoms with van der Waals surface area (Å²) in [6, 6.07) is 5.78. The molecule has 1 saturated carbocycles. The van der Waals surface area contributed by atoms with Crippen molar-refractivity contribution in [1.82, 2.24) is 0 Å². The predicted molar refractivity (Wildman–Crippen MR) is 78.9 cm³/mol. The van der Waals surface area contributed by atoms with Crippen LogP contribution in [0.25, 0.3) is 0 Å². The van der Waals surface area contributed by atoms with E-state index in [-0.39, 0.29) is 5.84 Å². The van der Waals surface area contributed by atoms with Gasteiger partial charge >= 0.3 is 0 Å². The van der Waals surface area contributed by atoms with Crippen LogP contribution in [0, 0.1) is 12.3 Å². The van der Waals surface area contributed by atoms with E-state index in [1.165, 1.54) is 0 Å². The fourth-order valence-electron chi connectivity index (χ4n) is 3.09. The van der Waals surface area contributed by atoms with Crippen molar-refractivity contribution in [3.8, 4) is 0 Å². The lowest BCUT2D eigenvalue weighted by Gasteiger charge is -2.32. The monoisotopic (exact) mass is 261 g/mol. The summed E-state index contributed by atoms with van der Waals surface area (Å²) >= 11 is 0. The number of hydrogen-bond acceptors (Lipinski definition) is 3. The molecule has 0 unspecified atom stereocenters. The molecule has 1 aromatic carbocycles. The van der Waals surface area contributed by atoms with Gasteiger partial charge in [0, 0.05) is 19.2 Å². The van der Waals surface area contributed by atoms with Gasteiger partial charge in [-0.1, -0.05) is 25.0 Å². The zero-order chi connectivity index (χ0) is 14.0. The van der Waals surface area contributed by atoms with Gasteiger partial charge in [0.15, 0.2) is 0 Å². The number of nitrogens with two attached hydrogens (primary N) is 1. The Labute approximate surface area is 114 Å². The van der Waals surface area contributed by atoms with Crippen LogP contribution in [0.2, 0.25) is 0 Å². The van der Waals surface area contributed by atoms with Gasteiger partial charge in [0.1, 0.15) is 5.84 Å². The van der Waals surface area contributed by atoms with Gasteiger partial charge in [-0.25, -0.2) is 0 Å². The zero-order valence-electron chi connectivity index (χ0n) is 11.7. The van der Waals surface area contributed by atoms with Crippen LogP contribution in [0.15, 0.2) is 18.2 Å². The fraction of sp³-hybridized carbons (Fsp3) is 0.533. The number of benzene rings is 1. The summed E-state index contributed by atoms with van der Waals surface area (Å²) in [6.07, 6.45) is 3.91. The number of para-hydroxylation sites is 1. The van der Waals surface area contributed by atoms with Crippen molar-refractivity contribution in [2.75, 3.05) is 18.5 Å². The molecule has 4 nitrogen and oxygen atoms in total. The SMILES string of the molecule is Cc1cccc(C(=N)N)c1N(C)CC1(O)CCCC1. The van der Waals surface area contributed by atoms with Gasteiger partial charge in [0.05, 0.1) is 11.3 Å². The summed E-state index contributed by atoms with van der Waals surface area (Å²) in [5.41, 5.74) is 7.84. The van der Waals surface area contributed by atoms with Crippen molar-refractivity contribution < 1.29 is 5.11 Å². The molecular formula is C15H23N3O. The molecule has 0 spiro atoms. The Morgan fingerprint density at radius 2 is 2.05 bits per heavy atom. The number of anilines is 1. The summed E-state index contributed by atoms with van der Waals surface area (Å²) in [4.78, 5) is 2.04. The van der Waals surface area contributed by atoms with E-state index in [0.29, 0.717) is 6.54 Å². The predicted octanol–water partition coefficient (Wildman–Crippen LogP) is 2.02. The first-order chi connectivity index (χ1) is 8.93. The second kappa shape index (κ2) is 5.21. The van der Waals surface area contributed by atoms with Crippen molar-refractivity contribution in [1.29, 1.82) is 5.41 Å². The largest absolute Gasteiger partial charge is 0.388 e. The molecule has 19 heavy (non-hydrogen) atoms. The Bertz CT molecular complexity index is 478. The molecule has 1 aliphatic carbocycles. The number of nitrogen functional groups attached to an aromatic ring is 1. The van der Waals surface area contributed by atoms with Gasteiger partial charge < -0.3 is 15.7 Å². The van der Waals surface area contributed by atoms with Crippen molar-refractivity contribution in [2.24, 2.45) is 5.73 Å². The number of hydrogen-bond donors (Lipinski definition) is 3. The fourth-order valence-corrected chi connectivity index (χ4v) is 3.09. The van der Waals surface area contributed by atoms with E-state index >= 15 is 0 Å². The van der Waals surface area contributed by atoms with E-state index in [9.17, 15) is 5.11 Å². The smallest absolute Gasteiger partial charge is 0.124 e. The third-order valence-corrected chi connectivity index (χ3v) is 3.98. The molecule has 4 heteroatoms. The highest BCUT2D eigenvalue weighted by molar-refractivity contribution is 6.01. The normalized spacial score (nSPS) is 17.4. The molecule has 0 saturated heterocycles. The standard InChI is InChI=1S/C15H23N3O/c1-11-6-5-7-12(14(16)17)13(11)18(2)10-15(19)8-3-4-9-15/h5-7,19H,3-4,8-10H2,1-2H3,(H3,16,17). The first-order valence-corrected chi connectivity index (χ1v) is 6.80. The van der Waals surface area contributed by atoms with E-state index in [4.69, 9.17) is 11.1 Å². The summed E-state index contributed by atoms with van der Waals surface area (Å²) in [6.45, 7) is 2.61. The van der Waals surface area contributed by atoms with Crippen LogP contribution < -0.4 is 10.6 Å². The summed E-state index contributed by atoms with van der Waals surface area (Å²) in [7, 11) is 1.96. The lowest BCUT2D eigenvalue weighted by Crippen LogP contribution is -2.40. The van der Waals surface area contributed by atoms with E-state index in [1.807, 2.05) is 37.1 Å². The van der Waals surface area contributed by atoms with E-state index in [0.717, 1.165) is 42.5 Å². The number of nitrogens with zero attached hydrogens (tertiary/aromatic N) is 1. The topological polar surface area (TPSA) is 73.3 Å². The van der Waals surface area contributed by atoms with Gasteiger partial charge in [-0.05, 0) is 31.4 Å². The number of aryl methyl sites for hydroxylation is 1. The Kier molecular flexibility index (Phi) is 3.80. The van der Waals surface area contributed by atoms with E-state index in [1.54, 1.807) is 0 Å². The van der Waals surface area contributed by atoms with Gasteiger partial charge in [-0.3, -0.25) is 5.41 Å². The molecule has 1 aromatic rings. The lowest BCUT2D eigenvalue weighted by molar-refractivity contribution is 0.0559. The maximum Gasteiger partial charge on any atom is 0.124 e. The number of rotatable bonds is 4. The van der Waals surface area contributed by atoms with Crippen LogP contribution in [-0.2, 0) is 0 Å². The molecule has 0 heterocycles. The molecule has 0 aromatic heterocycles. The van der Waals surface area contributed by atoms with Crippen LogP contribution >= 0.6 is 0 Å². The van der Waals surface area contributed by atoms with Gasteiger partial charge in [-0.2, -0.15) is 0 Å². The summed E-state index contributed by atoms with van der Waals surface area (Å²) < 4.78 is 0. The maximum absolute atomic E-state index is 10.5. The first kappa shape index (κ1) is 13.9. The number of aliphatic hydroxyl groups is 1. The highest BCUT2D eigenvalue weighted by Gasteiger charge is 2.33. The molecule has 2 rings (SSSR count). The quantitative estimate of drug-likeness (QED) is 0.573. The van der Waals surface area contributed by atoms with Crippen molar-refractivity contribution >= 4 is 11.5 Å². The number of likely N-dealkylation sites (N-methyl/N-ethyl adjacent to an activating group) is 1. The minimum atomic E-state index is -0.592. The lowest BCUT2D eigenvalue weighted by atomic mass is 10.00. The average molecular weight is 261 g/mol. The van der Waals surface area contributed by atoms with Crippen LogP contribution in [0.5, 0.6) is 0 Å². The molecule has 0 radical (unpaired) electrons. The Hall–Kier alpha value is -1.55. The number of nitrogens with one attached hydrogen (secondary N) is 1. The molecule has 0 aliphatic heterocycles. The van der Waals surface area contributed by atoms with Crippen LogP contribution in [0.4, 0.5) is 5.69 Å². The van der Waals surface area contributed by atoms with Crippen LogP contribution in [0.3, 0.4) is 0 Å². The van der Waals surface area contributed by atoms with Crippen LogP contribution in [0.1, 0.15) is 36.8 Å². The second-order valence-electron chi connectivity index (χ2n) is 5.67. The van der Waals surface area contributed by atoms with E-state index in [2.05, 4.69) is 0 Å². The van der Waals surface area contributed by atoms with Crippen LogP contribution in [-0.4, -0.2) is 30.1 Å². The molecule has 1 aliphatic rings. The summed E-state index contributed by atoms with van der Waals surface area (Å²) in [5.74, 6) is 0.0731. The molecular weight excluding hydrogens is 238 g/mol.